The molecule has 0 saturated carbocycles. The van der Waals surface area contributed by atoms with Crippen molar-refractivity contribution in [3.8, 4) is 5.69 Å². The number of halogens is 1. The lowest BCUT2D eigenvalue weighted by Gasteiger charge is -2.12. The molecule has 5 aromatic carbocycles. The maximum absolute atomic E-state index is 6.72. The molecule has 0 aliphatic heterocycles. The largest absolute Gasteiger partial charge is 0.354 e. The topological polar surface area (TPSA) is 20.7 Å². The van der Waals surface area contributed by atoms with Gasteiger partial charge in [0.25, 0.3) is 0 Å². The van der Waals surface area contributed by atoms with Gasteiger partial charge in [-0.2, -0.15) is 0 Å². The van der Waals surface area contributed by atoms with Gasteiger partial charge in [0.15, 0.2) is 0 Å². The monoisotopic (exact) mass is 416 g/mol. The van der Waals surface area contributed by atoms with Crippen LogP contribution in [0, 0.1) is 0 Å². The fourth-order valence-corrected chi connectivity index (χ4v) is 5.29. The number of aromatic amines is 1. The molecule has 0 amide bonds. The smallest absolute Gasteiger partial charge is 0.0648 e. The Labute approximate surface area is 183 Å². The van der Waals surface area contributed by atoms with Crippen molar-refractivity contribution in [1.82, 2.24) is 9.55 Å². The summed E-state index contributed by atoms with van der Waals surface area (Å²) in [5.41, 5.74) is 5.66. The normalized spacial score (nSPS) is 12.0. The van der Waals surface area contributed by atoms with Crippen LogP contribution in [0.25, 0.3) is 60.1 Å². The zero-order chi connectivity index (χ0) is 20.5. The highest BCUT2D eigenvalue weighted by molar-refractivity contribution is 6.33. The van der Waals surface area contributed by atoms with E-state index in [2.05, 4.69) is 88.4 Å². The number of aromatic nitrogens is 2. The van der Waals surface area contributed by atoms with E-state index in [9.17, 15) is 0 Å². The second kappa shape index (κ2) is 6.13. The minimum absolute atomic E-state index is 0.742. The molecule has 2 nitrogen and oxygen atoms in total. The second-order valence-electron chi connectivity index (χ2n) is 8.02. The Kier molecular flexibility index (Phi) is 3.36. The van der Waals surface area contributed by atoms with Gasteiger partial charge in [-0.15, -0.1) is 0 Å². The van der Waals surface area contributed by atoms with Crippen molar-refractivity contribution in [1.29, 1.82) is 0 Å². The molecule has 0 aliphatic carbocycles. The van der Waals surface area contributed by atoms with Crippen LogP contribution in [0.15, 0.2) is 97.1 Å². The molecule has 31 heavy (non-hydrogen) atoms. The third-order valence-corrected chi connectivity index (χ3v) is 6.71. The minimum Gasteiger partial charge on any atom is -0.354 e. The summed E-state index contributed by atoms with van der Waals surface area (Å²) in [7, 11) is 0. The Morgan fingerprint density at radius 1 is 0.613 bits per heavy atom. The van der Waals surface area contributed by atoms with Crippen molar-refractivity contribution >= 4 is 66.0 Å². The van der Waals surface area contributed by atoms with E-state index in [0.717, 1.165) is 21.7 Å². The molecule has 7 aromatic rings. The van der Waals surface area contributed by atoms with Gasteiger partial charge in [0.05, 0.1) is 27.3 Å². The van der Waals surface area contributed by atoms with Crippen LogP contribution in [0.3, 0.4) is 0 Å². The lowest BCUT2D eigenvalue weighted by atomic mass is 10.0. The van der Waals surface area contributed by atoms with Crippen molar-refractivity contribution in [3.63, 3.8) is 0 Å². The quantitative estimate of drug-likeness (QED) is 0.278. The second-order valence-corrected chi connectivity index (χ2v) is 8.43. The van der Waals surface area contributed by atoms with E-state index < -0.39 is 0 Å². The van der Waals surface area contributed by atoms with Crippen molar-refractivity contribution in [2.75, 3.05) is 0 Å². The molecule has 7 rings (SSSR count). The molecular weight excluding hydrogens is 400 g/mol. The number of hydrogen-bond acceptors (Lipinski definition) is 0. The maximum Gasteiger partial charge on any atom is 0.0648 e. The zero-order valence-electron chi connectivity index (χ0n) is 16.6. The molecule has 146 valence electrons. The molecule has 3 heteroatoms. The van der Waals surface area contributed by atoms with Gasteiger partial charge in [-0.05, 0) is 29.7 Å². The van der Waals surface area contributed by atoms with Crippen LogP contribution in [0.5, 0.6) is 0 Å². The lowest BCUT2D eigenvalue weighted by molar-refractivity contribution is 1.19. The van der Waals surface area contributed by atoms with E-state index in [4.69, 9.17) is 11.6 Å². The molecular formula is C28H17ClN2. The lowest BCUT2D eigenvalue weighted by Crippen LogP contribution is -1.95. The summed E-state index contributed by atoms with van der Waals surface area (Å²) in [5, 5.41) is 8.13. The highest BCUT2D eigenvalue weighted by atomic mass is 35.5. The summed E-state index contributed by atoms with van der Waals surface area (Å²) in [5.74, 6) is 0. The Morgan fingerprint density at radius 2 is 1.32 bits per heavy atom. The van der Waals surface area contributed by atoms with Crippen LogP contribution in [0.2, 0.25) is 5.02 Å². The van der Waals surface area contributed by atoms with Gasteiger partial charge in [0.1, 0.15) is 0 Å². The van der Waals surface area contributed by atoms with Crippen molar-refractivity contribution in [2.45, 2.75) is 0 Å². The summed E-state index contributed by atoms with van der Waals surface area (Å²) in [4.78, 5) is 3.70. The number of nitrogens with zero attached hydrogens (tertiary/aromatic N) is 1. The molecule has 0 fully saturated rings. The molecule has 1 N–H and O–H groups in total. The number of nitrogens with one attached hydrogen (secondary N) is 1. The Bertz CT molecular complexity index is 1800. The molecule has 0 aliphatic rings. The van der Waals surface area contributed by atoms with E-state index >= 15 is 0 Å². The Morgan fingerprint density at radius 3 is 2.19 bits per heavy atom. The number of H-pyrrole nitrogens is 1. The number of fused-ring (bicyclic) bond motifs is 9. The zero-order valence-corrected chi connectivity index (χ0v) is 17.3. The average molecular weight is 417 g/mol. The molecule has 2 heterocycles. The summed E-state index contributed by atoms with van der Waals surface area (Å²) in [6, 6.07) is 34.1. The van der Waals surface area contributed by atoms with Gasteiger partial charge in [-0.25, -0.2) is 0 Å². The van der Waals surface area contributed by atoms with E-state index in [0.29, 0.717) is 0 Å². The minimum atomic E-state index is 0.742. The molecule has 0 spiro atoms. The summed E-state index contributed by atoms with van der Waals surface area (Å²) in [6.45, 7) is 0. The molecule has 0 saturated heterocycles. The summed E-state index contributed by atoms with van der Waals surface area (Å²) >= 11 is 6.72. The highest BCUT2D eigenvalue weighted by Gasteiger charge is 2.18. The van der Waals surface area contributed by atoms with Crippen LogP contribution in [-0.2, 0) is 0 Å². The van der Waals surface area contributed by atoms with Crippen molar-refractivity contribution < 1.29 is 0 Å². The fraction of sp³-hybridized carbons (Fsp3) is 0. The Balaban J connectivity index is 1.81. The van der Waals surface area contributed by atoms with Crippen LogP contribution < -0.4 is 0 Å². The first-order valence-electron chi connectivity index (χ1n) is 10.4. The van der Waals surface area contributed by atoms with Gasteiger partial charge in [-0.1, -0.05) is 84.4 Å². The predicted octanol–water partition coefficient (Wildman–Crippen LogP) is 8.22. The molecule has 2 aromatic heterocycles. The van der Waals surface area contributed by atoms with Crippen molar-refractivity contribution in [3.05, 3.63) is 102 Å². The molecule has 0 unspecified atom stereocenters. The van der Waals surface area contributed by atoms with Crippen LogP contribution in [0.1, 0.15) is 0 Å². The number of benzene rings is 5. The molecule has 0 bridgehead atoms. The highest BCUT2D eigenvalue weighted by Crippen LogP contribution is 2.41. The van der Waals surface area contributed by atoms with Crippen LogP contribution in [-0.4, -0.2) is 9.55 Å². The first-order chi connectivity index (χ1) is 15.3. The van der Waals surface area contributed by atoms with Gasteiger partial charge < -0.3 is 9.55 Å². The van der Waals surface area contributed by atoms with Crippen molar-refractivity contribution in [2.24, 2.45) is 0 Å². The third-order valence-electron chi connectivity index (χ3n) is 6.39. The van der Waals surface area contributed by atoms with E-state index in [1.165, 1.54) is 43.4 Å². The van der Waals surface area contributed by atoms with Gasteiger partial charge >= 0.3 is 0 Å². The van der Waals surface area contributed by atoms with Gasteiger partial charge in [-0.3, -0.25) is 0 Å². The average Bonchev–Trinajstić information content (AvgIpc) is 3.35. The SMILES string of the molecule is Clc1ccccc1-n1c2ccccc2c2ccc3ccc4c5ccccc5[nH]c4c3c21. The van der Waals surface area contributed by atoms with Gasteiger partial charge in [0.2, 0.25) is 0 Å². The maximum atomic E-state index is 6.72. The first-order valence-corrected chi connectivity index (χ1v) is 10.8. The summed E-state index contributed by atoms with van der Waals surface area (Å²) < 4.78 is 2.32. The van der Waals surface area contributed by atoms with E-state index in [1.807, 2.05) is 18.2 Å². The van der Waals surface area contributed by atoms with Crippen LogP contribution >= 0.6 is 11.6 Å². The summed E-state index contributed by atoms with van der Waals surface area (Å²) in [6.07, 6.45) is 0. The molecule has 0 atom stereocenters. The van der Waals surface area contributed by atoms with E-state index in [1.54, 1.807) is 0 Å². The first kappa shape index (κ1) is 17.0. The fourth-order valence-electron chi connectivity index (χ4n) is 5.07. The van der Waals surface area contributed by atoms with E-state index in [-0.39, 0.29) is 0 Å². The number of para-hydroxylation sites is 3. The number of hydrogen-bond donors (Lipinski definition) is 1. The van der Waals surface area contributed by atoms with Gasteiger partial charge in [0, 0.05) is 32.4 Å². The molecule has 0 radical (unpaired) electrons. The predicted molar refractivity (Wildman–Crippen MR) is 133 cm³/mol. The van der Waals surface area contributed by atoms with Crippen LogP contribution in [0.4, 0.5) is 0 Å². The number of rotatable bonds is 1. The third kappa shape index (κ3) is 2.23. The Hall–Kier alpha value is -3.75. The standard InChI is InChI=1S/C28H17ClN2/c29-22-9-3-6-12-25(22)31-24-11-5-2-8-19(24)21-16-14-17-13-15-20-18-7-1-4-10-23(18)30-27(20)26(17)28(21)31/h1-16,30H.